The molecule has 58 valence electrons. The van der Waals surface area contributed by atoms with Crippen molar-refractivity contribution in [3.8, 4) is 0 Å². The van der Waals surface area contributed by atoms with Crippen LogP contribution in [0, 0.1) is 0 Å². The van der Waals surface area contributed by atoms with Gasteiger partial charge in [-0.15, -0.1) is 0 Å². The fraction of sp³-hybridized carbons (Fsp3) is 0.667. The summed E-state index contributed by atoms with van der Waals surface area (Å²) in [6, 6.07) is 0. The van der Waals surface area contributed by atoms with Gasteiger partial charge in [-0.3, -0.25) is 0 Å². The molecular formula is C6H10O4. The van der Waals surface area contributed by atoms with E-state index in [4.69, 9.17) is 4.74 Å². The highest BCUT2D eigenvalue weighted by Crippen LogP contribution is 1.91. The summed E-state index contributed by atoms with van der Waals surface area (Å²) in [5.41, 5.74) is 0. The Bertz CT molecular complexity index is 121. The zero-order valence-electron chi connectivity index (χ0n) is 5.99. The van der Waals surface area contributed by atoms with Gasteiger partial charge in [0.1, 0.15) is 12.9 Å². The van der Waals surface area contributed by atoms with Gasteiger partial charge in [0, 0.05) is 0 Å². The smallest absolute Gasteiger partial charge is 0.334 e. The molecule has 0 saturated heterocycles. The van der Waals surface area contributed by atoms with Crippen LogP contribution >= 0.6 is 0 Å². The molecule has 1 atom stereocenters. The van der Waals surface area contributed by atoms with E-state index in [2.05, 4.69) is 4.74 Å². The average Bonchev–Trinajstić information content (AvgIpc) is 1.98. The predicted octanol–water partition coefficient (Wildman–Crippen LogP) is -0.237. The van der Waals surface area contributed by atoms with Crippen LogP contribution in [0.2, 0.25) is 0 Å². The largest absolute Gasteiger partial charge is 0.467 e. The van der Waals surface area contributed by atoms with Crippen molar-refractivity contribution in [1.82, 2.24) is 0 Å². The minimum absolute atomic E-state index is 0.0731. The van der Waals surface area contributed by atoms with E-state index in [0.29, 0.717) is 6.29 Å². The van der Waals surface area contributed by atoms with E-state index in [1.54, 1.807) is 0 Å². The van der Waals surface area contributed by atoms with Crippen molar-refractivity contribution in [3.05, 3.63) is 0 Å². The molecule has 0 bridgehead atoms. The summed E-state index contributed by atoms with van der Waals surface area (Å²) in [6.45, 7) is 1.45. The number of carbonyl (C=O) groups is 2. The van der Waals surface area contributed by atoms with Crippen LogP contribution < -0.4 is 0 Å². The van der Waals surface area contributed by atoms with E-state index >= 15 is 0 Å². The Morgan fingerprint density at radius 3 is 2.70 bits per heavy atom. The number of ether oxygens (including phenoxy) is 2. The second-order valence-corrected chi connectivity index (χ2v) is 1.67. The molecule has 0 aliphatic rings. The van der Waals surface area contributed by atoms with Gasteiger partial charge in [0.2, 0.25) is 0 Å². The van der Waals surface area contributed by atoms with Crippen molar-refractivity contribution >= 4 is 12.3 Å². The third-order valence-corrected chi connectivity index (χ3v) is 0.947. The van der Waals surface area contributed by atoms with Crippen LogP contribution in [0.5, 0.6) is 0 Å². The molecule has 0 heterocycles. The lowest BCUT2D eigenvalue weighted by atomic mass is 10.4. The maximum Gasteiger partial charge on any atom is 0.334 e. The molecule has 0 saturated carbocycles. The van der Waals surface area contributed by atoms with Crippen molar-refractivity contribution in [1.29, 1.82) is 0 Å². The highest BCUT2D eigenvalue weighted by Gasteiger charge is 2.11. The summed E-state index contributed by atoms with van der Waals surface area (Å²) in [5.74, 6) is -0.471. The third kappa shape index (κ3) is 3.19. The summed E-state index contributed by atoms with van der Waals surface area (Å²) in [5, 5.41) is 0. The minimum atomic E-state index is -0.657. The van der Waals surface area contributed by atoms with Crippen molar-refractivity contribution < 1.29 is 19.1 Å². The van der Waals surface area contributed by atoms with Crippen LogP contribution in [0.25, 0.3) is 0 Å². The van der Waals surface area contributed by atoms with Gasteiger partial charge in [-0.1, -0.05) is 0 Å². The predicted molar refractivity (Wildman–Crippen MR) is 33.5 cm³/mol. The van der Waals surface area contributed by atoms with Crippen LogP contribution in [-0.4, -0.2) is 32.1 Å². The van der Waals surface area contributed by atoms with E-state index in [-0.39, 0.29) is 6.61 Å². The number of hydrogen-bond acceptors (Lipinski definition) is 4. The number of carbonyl (C=O) groups excluding carboxylic acids is 2. The molecule has 4 heteroatoms. The van der Waals surface area contributed by atoms with Crippen LogP contribution in [0.15, 0.2) is 0 Å². The molecule has 0 fully saturated rings. The Balaban J connectivity index is 3.50. The molecular weight excluding hydrogens is 136 g/mol. The van der Waals surface area contributed by atoms with Crippen molar-refractivity contribution in [2.24, 2.45) is 0 Å². The lowest BCUT2D eigenvalue weighted by Crippen LogP contribution is -2.22. The second-order valence-electron chi connectivity index (χ2n) is 1.67. The topological polar surface area (TPSA) is 52.6 Å². The zero-order chi connectivity index (χ0) is 7.98. The SMILES string of the molecule is COC(=O)C(C)OCC=O. The molecule has 0 aromatic rings. The van der Waals surface area contributed by atoms with Crippen molar-refractivity contribution in [2.75, 3.05) is 13.7 Å². The van der Waals surface area contributed by atoms with Gasteiger partial charge in [-0.25, -0.2) is 4.79 Å². The quantitative estimate of drug-likeness (QED) is 0.406. The Morgan fingerprint density at radius 2 is 2.30 bits per heavy atom. The van der Waals surface area contributed by atoms with Crippen molar-refractivity contribution in [3.63, 3.8) is 0 Å². The highest BCUT2D eigenvalue weighted by atomic mass is 16.6. The van der Waals surface area contributed by atoms with Crippen LogP contribution in [0.3, 0.4) is 0 Å². The standard InChI is InChI=1S/C6H10O4/c1-5(6(8)9-2)10-4-3-7/h3,5H,4H2,1-2H3. The maximum atomic E-state index is 10.6. The summed E-state index contributed by atoms with van der Waals surface area (Å²) in [4.78, 5) is 20.3. The van der Waals surface area contributed by atoms with E-state index in [9.17, 15) is 9.59 Å². The Hall–Kier alpha value is -0.900. The van der Waals surface area contributed by atoms with E-state index in [0.717, 1.165) is 0 Å². The fourth-order valence-corrected chi connectivity index (χ4v) is 0.418. The lowest BCUT2D eigenvalue weighted by Gasteiger charge is -2.06. The molecule has 10 heavy (non-hydrogen) atoms. The first-order valence-electron chi connectivity index (χ1n) is 2.85. The lowest BCUT2D eigenvalue weighted by molar-refractivity contribution is -0.153. The van der Waals surface area contributed by atoms with Gasteiger partial charge in [-0.05, 0) is 6.92 Å². The number of hydrogen-bond donors (Lipinski definition) is 0. The number of esters is 1. The first-order valence-corrected chi connectivity index (χ1v) is 2.85. The highest BCUT2D eigenvalue weighted by molar-refractivity contribution is 5.74. The maximum absolute atomic E-state index is 10.6. The molecule has 0 radical (unpaired) electrons. The summed E-state index contributed by atoms with van der Waals surface area (Å²) in [7, 11) is 1.27. The molecule has 0 N–H and O–H groups in total. The van der Waals surface area contributed by atoms with Gasteiger partial charge in [0.05, 0.1) is 7.11 Å². The Morgan fingerprint density at radius 1 is 1.70 bits per heavy atom. The van der Waals surface area contributed by atoms with Crippen LogP contribution in [-0.2, 0) is 19.1 Å². The molecule has 0 aliphatic carbocycles. The van der Waals surface area contributed by atoms with E-state index < -0.39 is 12.1 Å². The summed E-state index contributed by atoms with van der Waals surface area (Å²) in [6.07, 6.45) is -0.0744. The summed E-state index contributed by atoms with van der Waals surface area (Å²) >= 11 is 0. The van der Waals surface area contributed by atoms with E-state index in [1.165, 1.54) is 14.0 Å². The fourth-order valence-electron chi connectivity index (χ4n) is 0.418. The second kappa shape index (κ2) is 4.93. The average molecular weight is 146 g/mol. The van der Waals surface area contributed by atoms with Gasteiger partial charge < -0.3 is 14.3 Å². The number of aldehydes is 1. The molecule has 0 aromatic carbocycles. The monoisotopic (exact) mass is 146 g/mol. The first-order chi connectivity index (χ1) is 4.72. The zero-order valence-corrected chi connectivity index (χ0v) is 5.99. The normalized spacial score (nSPS) is 12.2. The van der Waals surface area contributed by atoms with Gasteiger partial charge in [-0.2, -0.15) is 0 Å². The van der Waals surface area contributed by atoms with Crippen LogP contribution in [0.4, 0.5) is 0 Å². The summed E-state index contributed by atoms with van der Waals surface area (Å²) < 4.78 is 9.03. The molecule has 0 aliphatic heterocycles. The Labute approximate surface area is 59.1 Å². The molecule has 0 amide bonds. The molecule has 4 nitrogen and oxygen atoms in total. The third-order valence-electron chi connectivity index (χ3n) is 0.947. The Kier molecular flexibility index (Phi) is 4.49. The van der Waals surface area contributed by atoms with Crippen LogP contribution in [0.1, 0.15) is 6.92 Å². The molecule has 0 aromatic heterocycles. The molecule has 0 rings (SSSR count). The number of rotatable bonds is 4. The van der Waals surface area contributed by atoms with Crippen molar-refractivity contribution in [2.45, 2.75) is 13.0 Å². The van der Waals surface area contributed by atoms with Gasteiger partial charge in [0.15, 0.2) is 6.10 Å². The van der Waals surface area contributed by atoms with Gasteiger partial charge in [0.25, 0.3) is 0 Å². The van der Waals surface area contributed by atoms with E-state index in [1.807, 2.05) is 0 Å². The molecule has 1 unspecified atom stereocenters. The first kappa shape index (κ1) is 9.10. The number of methoxy groups -OCH3 is 1. The minimum Gasteiger partial charge on any atom is -0.467 e. The molecule has 0 spiro atoms. The van der Waals surface area contributed by atoms with Gasteiger partial charge >= 0.3 is 5.97 Å².